The number of amides is 7. The summed E-state index contributed by atoms with van der Waals surface area (Å²) in [6.07, 6.45) is 0.113. The molecule has 206 valence electrons. The second-order valence-corrected chi connectivity index (χ2v) is 9.74. The average molecular weight is 553 g/mol. The maximum Gasteiger partial charge on any atom is 0.322 e. The number of fused-ring (bicyclic) bond motifs is 2. The number of benzene rings is 2. The van der Waals surface area contributed by atoms with E-state index >= 15 is 4.39 Å². The van der Waals surface area contributed by atoms with Gasteiger partial charge >= 0.3 is 12.1 Å². The minimum atomic E-state index is -1.98. The number of hydrogen-bond donors (Lipinski definition) is 4. The first-order valence-electron chi connectivity index (χ1n) is 12.2. The van der Waals surface area contributed by atoms with Crippen LogP contribution < -0.4 is 26.0 Å². The minimum absolute atomic E-state index is 0.0768. The molecule has 40 heavy (non-hydrogen) atoms. The number of methoxy groups -OCH3 is 1. The molecule has 2 saturated heterocycles. The Bertz CT molecular complexity index is 1690. The summed E-state index contributed by atoms with van der Waals surface area (Å²) in [6.45, 7) is 1.10. The lowest BCUT2D eigenvalue weighted by atomic mass is 9.86. The van der Waals surface area contributed by atoms with Crippen LogP contribution in [0.25, 0.3) is 11.0 Å². The number of nitrogens with one attached hydrogen (secondary N) is 4. The van der Waals surface area contributed by atoms with Crippen molar-refractivity contribution in [3.05, 3.63) is 64.4 Å². The Balaban J connectivity index is 1.42. The van der Waals surface area contributed by atoms with E-state index in [1.807, 2.05) is 0 Å². The number of furan rings is 1. The van der Waals surface area contributed by atoms with Gasteiger partial charge in [0.05, 0.1) is 19.2 Å². The molecule has 2 atom stereocenters. The quantitative estimate of drug-likeness (QED) is 0.339. The molecule has 0 radical (unpaired) electrons. The van der Waals surface area contributed by atoms with Crippen LogP contribution in [-0.4, -0.2) is 48.3 Å². The Labute approximate surface area is 224 Å². The number of urea groups is 2. The molecule has 1 aromatic heterocycles. The monoisotopic (exact) mass is 553 g/mol. The van der Waals surface area contributed by atoms with Gasteiger partial charge in [0.2, 0.25) is 0 Å². The number of imide groups is 2. The molecule has 14 heteroatoms. The molecule has 6 rings (SSSR count). The lowest BCUT2D eigenvalue weighted by Gasteiger charge is -2.29. The highest BCUT2D eigenvalue weighted by atomic mass is 19.1. The summed E-state index contributed by atoms with van der Waals surface area (Å²) < 4.78 is 41.0. The molecule has 1 unspecified atom stereocenters. The third-order valence-electron chi connectivity index (χ3n) is 7.60. The molecule has 7 amide bonds. The van der Waals surface area contributed by atoms with Crippen LogP contribution in [0.5, 0.6) is 5.75 Å². The summed E-state index contributed by atoms with van der Waals surface area (Å²) >= 11 is 0. The van der Waals surface area contributed by atoms with Crippen LogP contribution in [-0.2, 0) is 27.2 Å². The molecular formula is C26H21F2N5O7. The zero-order valence-electron chi connectivity index (χ0n) is 21.1. The summed E-state index contributed by atoms with van der Waals surface area (Å²) in [5, 5.41) is 9.40. The van der Waals surface area contributed by atoms with E-state index in [2.05, 4.69) is 21.3 Å². The van der Waals surface area contributed by atoms with Crippen LogP contribution >= 0.6 is 0 Å². The topological polar surface area (TPSA) is 159 Å². The highest BCUT2D eigenvalue weighted by Crippen LogP contribution is 2.38. The number of ether oxygens (including phenoxy) is 1. The second-order valence-electron chi connectivity index (χ2n) is 9.74. The highest BCUT2D eigenvalue weighted by molar-refractivity contribution is 6.09. The van der Waals surface area contributed by atoms with Crippen LogP contribution in [0.2, 0.25) is 0 Å². The van der Waals surface area contributed by atoms with Crippen LogP contribution in [0.1, 0.15) is 40.6 Å². The van der Waals surface area contributed by atoms with Gasteiger partial charge in [-0.15, -0.1) is 0 Å². The number of hydrogen-bond acceptors (Lipinski definition) is 7. The normalized spacial score (nSPS) is 23.8. The Hall–Kier alpha value is -5.01. The van der Waals surface area contributed by atoms with Gasteiger partial charge in [0.1, 0.15) is 11.3 Å². The number of rotatable bonds is 6. The first-order valence-corrected chi connectivity index (χ1v) is 12.2. The van der Waals surface area contributed by atoms with Crippen molar-refractivity contribution in [3.63, 3.8) is 0 Å². The number of carbonyl (C=O) groups is 5. The zero-order chi connectivity index (χ0) is 28.6. The van der Waals surface area contributed by atoms with Crippen molar-refractivity contribution in [2.45, 2.75) is 31.0 Å². The molecule has 0 bridgehead atoms. The third kappa shape index (κ3) is 3.38. The van der Waals surface area contributed by atoms with Gasteiger partial charge in [-0.1, -0.05) is 13.0 Å². The van der Waals surface area contributed by atoms with E-state index in [0.717, 1.165) is 11.0 Å². The lowest BCUT2D eigenvalue weighted by Crippen LogP contribution is -2.52. The van der Waals surface area contributed by atoms with Gasteiger partial charge in [-0.25, -0.2) is 18.4 Å². The fourth-order valence-electron chi connectivity index (χ4n) is 5.54. The SMILES string of the molecule is CCC1(c2cc(F)c3oc([C@]4(CN5Cc6ccc(OC)c(F)c6C5=O)NC(=O)NC4=O)cc3c2)NC(=O)NC1=O. The van der Waals surface area contributed by atoms with Crippen LogP contribution in [0, 0.1) is 11.6 Å². The molecule has 3 aromatic rings. The van der Waals surface area contributed by atoms with Crippen LogP contribution in [0.3, 0.4) is 0 Å². The van der Waals surface area contributed by atoms with Crippen molar-refractivity contribution in [1.82, 2.24) is 26.2 Å². The minimum Gasteiger partial charge on any atom is -0.494 e. The smallest absolute Gasteiger partial charge is 0.322 e. The Morgan fingerprint density at radius 1 is 0.975 bits per heavy atom. The molecule has 2 aromatic carbocycles. The van der Waals surface area contributed by atoms with E-state index in [9.17, 15) is 28.4 Å². The molecule has 12 nitrogen and oxygen atoms in total. The van der Waals surface area contributed by atoms with E-state index in [-0.39, 0.29) is 46.6 Å². The largest absolute Gasteiger partial charge is 0.494 e. The Morgan fingerprint density at radius 2 is 1.65 bits per heavy atom. The van der Waals surface area contributed by atoms with Crippen LogP contribution in [0.4, 0.5) is 18.4 Å². The van der Waals surface area contributed by atoms with Crippen LogP contribution in [0.15, 0.2) is 34.7 Å². The maximum absolute atomic E-state index is 15.3. The second kappa shape index (κ2) is 8.49. The van der Waals surface area contributed by atoms with Gasteiger partial charge in [0.15, 0.2) is 28.5 Å². The van der Waals surface area contributed by atoms with Gasteiger partial charge in [0, 0.05) is 11.9 Å². The summed E-state index contributed by atoms with van der Waals surface area (Å²) in [4.78, 5) is 64.3. The highest BCUT2D eigenvalue weighted by Gasteiger charge is 2.53. The van der Waals surface area contributed by atoms with E-state index in [1.165, 1.54) is 31.4 Å². The van der Waals surface area contributed by atoms with Crippen molar-refractivity contribution in [2.24, 2.45) is 0 Å². The third-order valence-corrected chi connectivity index (χ3v) is 7.60. The molecule has 4 heterocycles. The molecule has 0 aliphatic carbocycles. The van der Waals surface area contributed by atoms with E-state index in [0.29, 0.717) is 5.56 Å². The number of nitrogens with zero attached hydrogens (tertiary/aromatic N) is 1. The molecule has 3 aliphatic rings. The van der Waals surface area contributed by atoms with Crippen molar-refractivity contribution in [3.8, 4) is 5.75 Å². The van der Waals surface area contributed by atoms with E-state index < -0.39 is 59.0 Å². The molecule has 0 spiro atoms. The van der Waals surface area contributed by atoms with Gasteiger partial charge < -0.3 is 24.7 Å². The average Bonchev–Trinajstić information content (AvgIpc) is 3.63. The van der Waals surface area contributed by atoms with Crippen molar-refractivity contribution < 1.29 is 41.9 Å². The summed E-state index contributed by atoms with van der Waals surface area (Å²) in [5.74, 6) is -4.34. The fraction of sp³-hybridized carbons (Fsp3) is 0.269. The van der Waals surface area contributed by atoms with Crippen molar-refractivity contribution in [1.29, 1.82) is 0 Å². The standard InChI is InChI=1S/C26H21F2N5O7/c1-3-25(21(35)29-23(37)31-25)13-6-12-7-16(40-19(12)14(27)8-13)26(22(36)30-24(38)32-26)10-33-9-11-4-5-15(39-2)18(28)17(11)20(33)34/h4-8H,3,9-10H2,1-2H3,(H2,29,31,35,37)(H2,30,32,36,38)/t25?,26-/m0/s1. The molecule has 2 fully saturated rings. The fourth-order valence-corrected chi connectivity index (χ4v) is 5.54. The Morgan fingerprint density at radius 3 is 2.25 bits per heavy atom. The summed E-state index contributed by atoms with van der Waals surface area (Å²) in [5.41, 5.74) is -3.53. The van der Waals surface area contributed by atoms with Crippen molar-refractivity contribution >= 4 is 40.8 Å². The first kappa shape index (κ1) is 25.3. The number of carbonyl (C=O) groups excluding carboxylic acids is 5. The predicted octanol–water partition coefficient (Wildman–Crippen LogP) is 1.85. The van der Waals surface area contributed by atoms with Gasteiger partial charge in [-0.3, -0.25) is 25.0 Å². The Kier molecular flexibility index (Phi) is 5.37. The van der Waals surface area contributed by atoms with Gasteiger partial charge in [-0.2, -0.15) is 0 Å². The maximum atomic E-state index is 15.3. The predicted molar refractivity (Wildman–Crippen MR) is 131 cm³/mol. The summed E-state index contributed by atoms with van der Waals surface area (Å²) in [7, 11) is 1.26. The van der Waals surface area contributed by atoms with E-state index in [4.69, 9.17) is 9.15 Å². The first-order chi connectivity index (χ1) is 19.0. The van der Waals surface area contributed by atoms with Gasteiger partial charge in [-0.05, 0) is 41.8 Å². The number of halogens is 2. The molecule has 4 N–H and O–H groups in total. The lowest BCUT2D eigenvalue weighted by molar-refractivity contribution is -0.125. The van der Waals surface area contributed by atoms with Gasteiger partial charge in [0.25, 0.3) is 17.7 Å². The summed E-state index contributed by atoms with van der Waals surface area (Å²) in [6, 6.07) is 5.08. The molecule has 3 aliphatic heterocycles. The zero-order valence-corrected chi connectivity index (χ0v) is 21.1. The van der Waals surface area contributed by atoms with E-state index in [1.54, 1.807) is 6.92 Å². The molecular weight excluding hydrogens is 532 g/mol. The van der Waals surface area contributed by atoms with Crippen molar-refractivity contribution in [2.75, 3.05) is 13.7 Å². The molecule has 0 saturated carbocycles.